The average molecular weight is 316 g/mol. The van der Waals surface area contributed by atoms with E-state index in [9.17, 15) is 12.8 Å². The van der Waals surface area contributed by atoms with Crippen molar-refractivity contribution in [3.05, 3.63) is 23.5 Å². The number of hydrogen-bond donors (Lipinski definition) is 2. The van der Waals surface area contributed by atoms with Crippen molar-refractivity contribution in [3.8, 4) is 0 Å². The molecule has 0 saturated carbocycles. The zero-order chi connectivity index (χ0) is 16.6. The van der Waals surface area contributed by atoms with Gasteiger partial charge in [-0.05, 0) is 50.3 Å². The molecule has 0 fully saturated rings. The minimum Gasteiger partial charge on any atom is -0.396 e. The van der Waals surface area contributed by atoms with Gasteiger partial charge in [-0.15, -0.1) is 0 Å². The molecule has 21 heavy (non-hydrogen) atoms. The van der Waals surface area contributed by atoms with Gasteiger partial charge in [0.2, 0.25) is 10.0 Å². The summed E-state index contributed by atoms with van der Waals surface area (Å²) in [5.74, 6) is -0.611. The summed E-state index contributed by atoms with van der Waals surface area (Å²) in [7, 11) is -3.76. The monoisotopic (exact) mass is 316 g/mol. The Labute approximate surface area is 127 Å². The Hall–Kier alpha value is -1.14. The van der Waals surface area contributed by atoms with Gasteiger partial charge in [0.1, 0.15) is 5.82 Å². The molecule has 0 aromatic heterocycles. The molecule has 1 rings (SSSR count). The molecular formula is C15H25FN2O2S. The Balaban J connectivity index is 3.16. The van der Waals surface area contributed by atoms with Crippen LogP contribution in [0.2, 0.25) is 0 Å². The first kappa shape index (κ1) is 17.9. The van der Waals surface area contributed by atoms with Gasteiger partial charge in [0.15, 0.2) is 0 Å². The third-order valence-electron chi connectivity index (χ3n) is 2.97. The molecule has 0 bridgehead atoms. The average Bonchev–Trinajstić information content (AvgIpc) is 2.17. The van der Waals surface area contributed by atoms with Gasteiger partial charge in [-0.1, -0.05) is 20.8 Å². The molecule has 0 unspecified atom stereocenters. The summed E-state index contributed by atoms with van der Waals surface area (Å²) in [5.41, 5.74) is 5.00. The third kappa shape index (κ3) is 4.97. The molecular weight excluding hydrogens is 291 g/mol. The lowest BCUT2D eigenvalue weighted by Crippen LogP contribution is -2.45. The van der Waals surface area contributed by atoms with Gasteiger partial charge in [-0.2, -0.15) is 0 Å². The lowest BCUT2D eigenvalue weighted by molar-refractivity contribution is 0.269. The van der Waals surface area contributed by atoms with Crippen molar-refractivity contribution in [2.45, 2.75) is 58.4 Å². The van der Waals surface area contributed by atoms with Crippen LogP contribution in [-0.4, -0.2) is 14.0 Å². The highest BCUT2D eigenvalue weighted by Crippen LogP contribution is 2.29. The van der Waals surface area contributed by atoms with Gasteiger partial charge in [0, 0.05) is 5.54 Å². The minimum absolute atomic E-state index is 0.0170. The number of nitrogens with one attached hydrogen (secondary N) is 1. The lowest BCUT2D eigenvalue weighted by Gasteiger charge is -2.33. The van der Waals surface area contributed by atoms with E-state index in [0.717, 1.165) is 6.07 Å². The van der Waals surface area contributed by atoms with E-state index in [4.69, 9.17) is 5.73 Å². The molecule has 3 N–H and O–H groups in total. The maximum atomic E-state index is 13.4. The smallest absolute Gasteiger partial charge is 0.241 e. The van der Waals surface area contributed by atoms with Gasteiger partial charge < -0.3 is 5.73 Å². The number of hydrogen-bond acceptors (Lipinski definition) is 3. The highest BCUT2D eigenvalue weighted by molar-refractivity contribution is 7.89. The SMILES string of the molecule is Cc1cc(F)c(N)cc1S(=O)(=O)NC(C)(C)CC(C)(C)C. The quantitative estimate of drug-likeness (QED) is 0.838. The summed E-state index contributed by atoms with van der Waals surface area (Å²) < 4.78 is 41.1. The summed E-state index contributed by atoms with van der Waals surface area (Å²) in [5, 5.41) is 0. The van der Waals surface area contributed by atoms with Crippen molar-refractivity contribution in [2.24, 2.45) is 5.41 Å². The number of benzene rings is 1. The largest absolute Gasteiger partial charge is 0.396 e. The molecule has 0 radical (unpaired) electrons. The number of halogens is 1. The molecule has 0 atom stereocenters. The Bertz CT molecular complexity index is 632. The van der Waals surface area contributed by atoms with E-state index in [-0.39, 0.29) is 16.0 Å². The highest BCUT2D eigenvalue weighted by Gasteiger charge is 2.31. The fourth-order valence-electron chi connectivity index (χ4n) is 2.74. The van der Waals surface area contributed by atoms with Crippen molar-refractivity contribution < 1.29 is 12.8 Å². The van der Waals surface area contributed by atoms with Gasteiger partial charge in [0.25, 0.3) is 0 Å². The topological polar surface area (TPSA) is 72.2 Å². The zero-order valence-corrected chi connectivity index (χ0v) is 14.4. The van der Waals surface area contributed by atoms with Crippen LogP contribution in [0.3, 0.4) is 0 Å². The molecule has 6 heteroatoms. The van der Waals surface area contributed by atoms with Crippen LogP contribution in [0.4, 0.5) is 10.1 Å². The molecule has 1 aromatic rings. The predicted molar refractivity (Wildman–Crippen MR) is 84.0 cm³/mol. The molecule has 120 valence electrons. The van der Waals surface area contributed by atoms with Crippen molar-refractivity contribution in [1.29, 1.82) is 0 Å². The van der Waals surface area contributed by atoms with E-state index in [0.29, 0.717) is 12.0 Å². The van der Waals surface area contributed by atoms with E-state index < -0.39 is 21.4 Å². The first-order valence-electron chi connectivity index (χ1n) is 6.83. The van der Waals surface area contributed by atoms with Crippen LogP contribution >= 0.6 is 0 Å². The molecule has 0 spiro atoms. The van der Waals surface area contributed by atoms with Crippen LogP contribution in [0.25, 0.3) is 0 Å². The second kappa shape index (κ2) is 5.57. The van der Waals surface area contributed by atoms with Crippen LogP contribution in [0.15, 0.2) is 17.0 Å². The summed E-state index contributed by atoms with van der Waals surface area (Å²) >= 11 is 0. The number of rotatable bonds is 4. The standard InChI is InChI=1S/C15H25FN2O2S/c1-10-7-11(16)12(17)8-13(10)21(19,20)18-15(5,6)9-14(2,3)4/h7-8,18H,9,17H2,1-6H3. The Morgan fingerprint density at radius 2 is 1.71 bits per heavy atom. The number of sulfonamides is 1. The molecule has 0 saturated heterocycles. The second-order valence-corrected chi connectivity index (χ2v) is 9.02. The van der Waals surface area contributed by atoms with Crippen LogP contribution in [0.5, 0.6) is 0 Å². The molecule has 0 aliphatic carbocycles. The number of aryl methyl sites for hydroxylation is 1. The minimum atomic E-state index is -3.76. The number of nitrogens with two attached hydrogens (primary N) is 1. The van der Waals surface area contributed by atoms with Crippen molar-refractivity contribution >= 4 is 15.7 Å². The van der Waals surface area contributed by atoms with Gasteiger partial charge in [0.05, 0.1) is 10.6 Å². The van der Waals surface area contributed by atoms with Gasteiger partial charge in [-0.25, -0.2) is 17.5 Å². The van der Waals surface area contributed by atoms with Crippen LogP contribution in [0.1, 0.15) is 46.6 Å². The van der Waals surface area contributed by atoms with Gasteiger partial charge in [-0.3, -0.25) is 0 Å². The summed E-state index contributed by atoms with van der Waals surface area (Å²) in [4.78, 5) is 0.0170. The zero-order valence-electron chi connectivity index (χ0n) is 13.5. The van der Waals surface area contributed by atoms with Crippen molar-refractivity contribution in [2.75, 3.05) is 5.73 Å². The van der Waals surface area contributed by atoms with E-state index in [1.165, 1.54) is 6.07 Å². The van der Waals surface area contributed by atoms with Crippen molar-refractivity contribution in [1.82, 2.24) is 4.72 Å². The Morgan fingerprint density at radius 3 is 2.19 bits per heavy atom. The second-order valence-electron chi connectivity index (χ2n) is 7.37. The van der Waals surface area contributed by atoms with E-state index >= 15 is 0 Å². The maximum Gasteiger partial charge on any atom is 0.241 e. The van der Waals surface area contributed by atoms with Crippen LogP contribution in [0, 0.1) is 18.2 Å². The van der Waals surface area contributed by atoms with E-state index in [2.05, 4.69) is 4.72 Å². The van der Waals surface area contributed by atoms with Crippen molar-refractivity contribution in [3.63, 3.8) is 0 Å². The first-order valence-corrected chi connectivity index (χ1v) is 8.31. The summed E-state index contributed by atoms with van der Waals surface area (Å²) in [6.07, 6.45) is 0.662. The number of anilines is 1. The summed E-state index contributed by atoms with van der Waals surface area (Å²) in [6.45, 7) is 11.3. The van der Waals surface area contributed by atoms with Crippen LogP contribution in [-0.2, 0) is 10.0 Å². The Morgan fingerprint density at radius 1 is 1.19 bits per heavy atom. The summed E-state index contributed by atoms with van der Waals surface area (Å²) in [6, 6.07) is 2.31. The Kier molecular flexibility index (Phi) is 4.75. The van der Waals surface area contributed by atoms with E-state index in [1.807, 2.05) is 34.6 Å². The molecule has 0 aliphatic heterocycles. The predicted octanol–water partition coefficient (Wildman–Crippen LogP) is 3.21. The fraction of sp³-hybridized carbons (Fsp3) is 0.600. The highest BCUT2D eigenvalue weighted by atomic mass is 32.2. The molecule has 0 aliphatic rings. The van der Waals surface area contributed by atoms with Gasteiger partial charge >= 0.3 is 0 Å². The lowest BCUT2D eigenvalue weighted by atomic mass is 9.82. The molecule has 0 heterocycles. The molecule has 4 nitrogen and oxygen atoms in total. The maximum absolute atomic E-state index is 13.4. The third-order valence-corrected chi connectivity index (χ3v) is 4.81. The molecule has 0 amide bonds. The molecule has 1 aromatic carbocycles. The van der Waals surface area contributed by atoms with Crippen LogP contribution < -0.4 is 10.5 Å². The number of nitrogen functional groups attached to an aromatic ring is 1. The first-order chi connectivity index (χ1) is 9.23. The normalized spacial score (nSPS) is 13.5. The van der Waals surface area contributed by atoms with E-state index in [1.54, 1.807) is 6.92 Å². The fourth-order valence-corrected chi connectivity index (χ4v) is 4.41.